The van der Waals surface area contributed by atoms with Crippen molar-refractivity contribution in [3.8, 4) is 0 Å². The van der Waals surface area contributed by atoms with E-state index < -0.39 is 0 Å². The number of thiocarbonyl (C=S) groups is 1. The van der Waals surface area contributed by atoms with E-state index in [0.29, 0.717) is 11.5 Å². The van der Waals surface area contributed by atoms with Gasteiger partial charge in [-0.05, 0) is 25.5 Å². The maximum Gasteiger partial charge on any atom is 0.106 e. The van der Waals surface area contributed by atoms with Crippen LogP contribution in [0, 0.1) is 13.8 Å². The maximum atomic E-state index is 5.76. The van der Waals surface area contributed by atoms with E-state index in [-0.39, 0.29) is 0 Å². The summed E-state index contributed by atoms with van der Waals surface area (Å²) < 4.78 is 1.82. The Kier molecular flexibility index (Phi) is 3.85. The Bertz CT molecular complexity index is 616. The van der Waals surface area contributed by atoms with Crippen LogP contribution >= 0.6 is 12.2 Å². The predicted octanol–water partition coefficient (Wildman–Crippen LogP) is 2.28. The molecular weight excluding hydrogens is 256 g/mol. The molecule has 0 radical (unpaired) electrons. The van der Waals surface area contributed by atoms with Gasteiger partial charge in [-0.3, -0.25) is 4.68 Å². The van der Waals surface area contributed by atoms with Gasteiger partial charge in [-0.2, -0.15) is 5.10 Å². The second-order valence-electron chi connectivity index (χ2n) is 4.63. The third-order valence-corrected chi connectivity index (χ3v) is 3.33. The summed E-state index contributed by atoms with van der Waals surface area (Å²) >= 11 is 5.09. The average Bonchev–Trinajstić information content (AvgIpc) is 2.66. The number of hydrogen-bond donors (Lipinski definition) is 2. The average molecular weight is 274 g/mol. The highest BCUT2D eigenvalue weighted by molar-refractivity contribution is 7.80. The fourth-order valence-corrected chi connectivity index (χ4v) is 2.28. The molecule has 4 nitrogen and oxygen atoms in total. The van der Waals surface area contributed by atoms with Crippen LogP contribution in [0.15, 0.2) is 24.4 Å². The molecule has 0 aliphatic carbocycles. The van der Waals surface area contributed by atoms with Gasteiger partial charge >= 0.3 is 0 Å². The number of aryl methyl sites for hydroxylation is 3. The van der Waals surface area contributed by atoms with Gasteiger partial charge in [-0.1, -0.05) is 24.4 Å². The van der Waals surface area contributed by atoms with Gasteiger partial charge in [0.25, 0.3) is 0 Å². The first-order valence-electron chi connectivity index (χ1n) is 6.11. The third kappa shape index (κ3) is 2.93. The Morgan fingerprint density at radius 3 is 2.74 bits per heavy atom. The minimum atomic E-state index is 0.411. The molecule has 1 heterocycles. The molecule has 5 heteroatoms. The molecule has 2 rings (SSSR count). The minimum absolute atomic E-state index is 0.411. The zero-order valence-corrected chi connectivity index (χ0v) is 12.2. The highest BCUT2D eigenvalue weighted by atomic mass is 32.1. The van der Waals surface area contributed by atoms with Crippen LogP contribution in [0.3, 0.4) is 0 Å². The van der Waals surface area contributed by atoms with Crippen molar-refractivity contribution in [1.29, 1.82) is 0 Å². The molecule has 0 saturated heterocycles. The van der Waals surface area contributed by atoms with Gasteiger partial charge in [0.2, 0.25) is 0 Å². The van der Waals surface area contributed by atoms with E-state index in [4.69, 9.17) is 18.0 Å². The second kappa shape index (κ2) is 5.40. The van der Waals surface area contributed by atoms with Crippen molar-refractivity contribution in [3.05, 3.63) is 46.8 Å². The predicted molar refractivity (Wildman–Crippen MR) is 82.3 cm³/mol. The lowest BCUT2D eigenvalue weighted by Crippen LogP contribution is -2.14. The van der Waals surface area contributed by atoms with Gasteiger partial charge in [0, 0.05) is 36.6 Å². The summed E-state index contributed by atoms with van der Waals surface area (Å²) in [7, 11) is 1.92. The molecule has 0 aliphatic heterocycles. The molecule has 3 N–H and O–H groups in total. The highest BCUT2D eigenvalue weighted by Gasteiger charge is 2.09. The number of rotatable bonds is 4. The quantitative estimate of drug-likeness (QED) is 0.840. The summed E-state index contributed by atoms with van der Waals surface area (Å²) in [4.78, 5) is 0.411. The Balaban J connectivity index is 2.24. The number of anilines is 1. The van der Waals surface area contributed by atoms with Crippen LogP contribution in [0.4, 0.5) is 5.69 Å². The number of benzene rings is 1. The maximum absolute atomic E-state index is 5.76. The standard InChI is InChI=1S/C14H18N4S/c1-9-5-4-6-12(14(15)19)13(9)16-7-11-8-18(3)17-10(11)2/h4-6,8,16H,7H2,1-3H3,(H2,15,19). The number of hydrogen-bond acceptors (Lipinski definition) is 3. The molecule has 1 aromatic heterocycles. The number of nitrogens with two attached hydrogens (primary N) is 1. The number of nitrogens with zero attached hydrogens (tertiary/aromatic N) is 2. The van der Waals surface area contributed by atoms with E-state index in [1.165, 1.54) is 5.56 Å². The molecule has 0 atom stereocenters. The Hall–Kier alpha value is -1.88. The summed E-state index contributed by atoms with van der Waals surface area (Å²) in [5, 5.41) is 7.74. The van der Waals surface area contributed by atoms with Crippen LogP contribution < -0.4 is 11.1 Å². The molecule has 19 heavy (non-hydrogen) atoms. The zero-order valence-electron chi connectivity index (χ0n) is 11.4. The van der Waals surface area contributed by atoms with Crippen LogP contribution in [0.25, 0.3) is 0 Å². The summed E-state index contributed by atoms with van der Waals surface area (Å²) in [5.74, 6) is 0. The molecule has 0 aliphatic rings. The molecule has 0 bridgehead atoms. The molecule has 0 amide bonds. The van der Waals surface area contributed by atoms with E-state index in [2.05, 4.69) is 10.4 Å². The summed E-state index contributed by atoms with van der Waals surface area (Å²) in [5.41, 5.74) is 11.0. The Labute approximate surface area is 118 Å². The summed E-state index contributed by atoms with van der Waals surface area (Å²) in [6.07, 6.45) is 2.01. The van der Waals surface area contributed by atoms with Crippen LogP contribution in [0.1, 0.15) is 22.4 Å². The van der Waals surface area contributed by atoms with E-state index in [0.717, 1.165) is 22.5 Å². The van der Waals surface area contributed by atoms with Gasteiger partial charge in [-0.15, -0.1) is 0 Å². The number of aromatic nitrogens is 2. The topological polar surface area (TPSA) is 55.9 Å². The van der Waals surface area contributed by atoms with E-state index in [1.54, 1.807) is 0 Å². The van der Waals surface area contributed by atoms with Crippen molar-refractivity contribution in [3.63, 3.8) is 0 Å². The summed E-state index contributed by atoms with van der Waals surface area (Å²) in [6.45, 7) is 4.75. The molecular formula is C14H18N4S. The monoisotopic (exact) mass is 274 g/mol. The van der Waals surface area contributed by atoms with Gasteiger partial charge in [0.15, 0.2) is 0 Å². The number of nitrogens with one attached hydrogen (secondary N) is 1. The second-order valence-corrected chi connectivity index (χ2v) is 5.07. The number of para-hydroxylation sites is 1. The van der Waals surface area contributed by atoms with E-state index in [1.807, 2.05) is 50.0 Å². The van der Waals surface area contributed by atoms with E-state index >= 15 is 0 Å². The van der Waals surface area contributed by atoms with Crippen LogP contribution in [0.2, 0.25) is 0 Å². The lowest BCUT2D eigenvalue weighted by Gasteiger charge is -2.13. The molecule has 1 aromatic carbocycles. The molecule has 2 aromatic rings. The molecule has 0 fully saturated rings. The van der Waals surface area contributed by atoms with E-state index in [9.17, 15) is 0 Å². The lowest BCUT2D eigenvalue weighted by atomic mass is 10.1. The van der Waals surface area contributed by atoms with Crippen molar-refractivity contribution in [1.82, 2.24) is 9.78 Å². The normalized spacial score (nSPS) is 10.5. The van der Waals surface area contributed by atoms with Crippen LogP contribution in [0.5, 0.6) is 0 Å². The fourth-order valence-electron chi connectivity index (χ4n) is 2.11. The Morgan fingerprint density at radius 1 is 1.42 bits per heavy atom. The first-order chi connectivity index (χ1) is 8.99. The highest BCUT2D eigenvalue weighted by Crippen LogP contribution is 2.21. The largest absolute Gasteiger partial charge is 0.389 e. The van der Waals surface area contributed by atoms with Gasteiger partial charge in [0.05, 0.1) is 5.69 Å². The first kappa shape index (κ1) is 13.5. The third-order valence-electron chi connectivity index (χ3n) is 3.11. The summed E-state index contributed by atoms with van der Waals surface area (Å²) in [6, 6.07) is 5.94. The lowest BCUT2D eigenvalue weighted by molar-refractivity contribution is 0.756. The molecule has 100 valence electrons. The fraction of sp³-hybridized carbons (Fsp3) is 0.286. The minimum Gasteiger partial charge on any atom is -0.389 e. The van der Waals surface area contributed by atoms with Crippen LogP contribution in [-0.2, 0) is 13.6 Å². The smallest absolute Gasteiger partial charge is 0.106 e. The van der Waals surface area contributed by atoms with Crippen molar-refractivity contribution in [2.24, 2.45) is 12.8 Å². The van der Waals surface area contributed by atoms with Gasteiger partial charge < -0.3 is 11.1 Å². The zero-order chi connectivity index (χ0) is 14.0. The first-order valence-corrected chi connectivity index (χ1v) is 6.52. The molecule has 0 saturated carbocycles. The Morgan fingerprint density at radius 2 is 2.16 bits per heavy atom. The van der Waals surface area contributed by atoms with Crippen molar-refractivity contribution in [2.45, 2.75) is 20.4 Å². The van der Waals surface area contributed by atoms with Crippen molar-refractivity contribution in [2.75, 3.05) is 5.32 Å². The SMILES string of the molecule is Cc1cccc(C(N)=S)c1NCc1cn(C)nc1C. The van der Waals surface area contributed by atoms with Crippen molar-refractivity contribution >= 4 is 22.9 Å². The van der Waals surface area contributed by atoms with Gasteiger partial charge in [-0.25, -0.2) is 0 Å². The van der Waals surface area contributed by atoms with Gasteiger partial charge in [0.1, 0.15) is 4.99 Å². The van der Waals surface area contributed by atoms with Crippen LogP contribution in [-0.4, -0.2) is 14.8 Å². The molecule has 0 unspecified atom stereocenters. The van der Waals surface area contributed by atoms with Crippen molar-refractivity contribution < 1.29 is 0 Å². The molecule has 0 spiro atoms.